The van der Waals surface area contributed by atoms with E-state index >= 15 is 0 Å². The second-order valence-corrected chi connectivity index (χ2v) is 8.47. The number of piperidine rings is 1. The van der Waals surface area contributed by atoms with Gasteiger partial charge in [-0.1, -0.05) is 6.07 Å². The van der Waals surface area contributed by atoms with Crippen LogP contribution in [0.25, 0.3) is 16.2 Å². The highest BCUT2D eigenvalue weighted by molar-refractivity contribution is 7.18. The summed E-state index contributed by atoms with van der Waals surface area (Å²) in [5.74, 6) is 0.0455. The molecule has 1 aliphatic heterocycles. The van der Waals surface area contributed by atoms with E-state index in [0.717, 1.165) is 18.4 Å². The average molecular weight is 433 g/mol. The fourth-order valence-electron chi connectivity index (χ4n) is 3.71. The van der Waals surface area contributed by atoms with Crippen molar-refractivity contribution in [3.63, 3.8) is 0 Å². The molecule has 1 fully saturated rings. The fraction of sp³-hybridized carbons (Fsp3) is 0.476. The van der Waals surface area contributed by atoms with Crippen LogP contribution in [0.5, 0.6) is 5.19 Å². The van der Waals surface area contributed by atoms with Crippen molar-refractivity contribution in [3.8, 4) is 16.5 Å². The van der Waals surface area contributed by atoms with Crippen molar-refractivity contribution < 1.29 is 18.7 Å². The predicted molar refractivity (Wildman–Crippen MR) is 112 cm³/mol. The maximum Gasteiger partial charge on any atom is 0.409 e. The molecule has 160 valence electrons. The lowest BCUT2D eigenvalue weighted by Crippen LogP contribution is -2.42. The van der Waals surface area contributed by atoms with Crippen LogP contribution in [0.4, 0.5) is 9.18 Å². The number of likely N-dealkylation sites (tertiary alicyclic amines) is 1. The molecule has 1 unspecified atom stereocenters. The number of aryl methyl sites for hydroxylation is 1. The Balaban J connectivity index is 1.39. The quantitative estimate of drug-likeness (QED) is 0.592. The summed E-state index contributed by atoms with van der Waals surface area (Å²) in [7, 11) is 0. The van der Waals surface area contributed by atoms with Crippen molar-refractivity contribution >= 4 is 22.4 Å². The van der Waals surface area contributed by atoms with Crippen molar-refractivity contribution in [2.24, 2.45) is 5.92 Å². The summed E-state index contributed by atoms with van der Waals surface area (Å²) in [6.07, 6.45) is 3.17. The zero-order valence-corrected chi connectivity index (χ0v) is 18.1. The van der Waals surface area contributed by atoms with Gasteiger partial charge in [0.15, 0.2) is 0 Å². The molecule has 0 aliphatic carbocycles. The number of amides is 1. The molecule has 30 heavy (non-hydrogen) atoms. The maximum atomic E-state index is 14.2. The zero-order chi connectivity index (χ0) is 21.3. The highest BCUT2D eigenvalue weighted by Crippen LogP contribution is 2.30. The van der Waals surface area contributed by atoms with Crippen molar-refractivity contribution in [2.75, 3.05) is 19.7 Å². The summed E-state index contributed by atoms with van der Waals surface area (Å²) in [4.78, 5) is 18.7. The Kier molecular flexibility index (Phi) is 5.90. The molecule has 2 aromatic heterocycles. The number of fused-ring (bicyclic) bond motifs is 1. The number of carbonyl (C=O) groups is 1. The summed E-state index contributed by atoms with van der Waals surface area (Å²) in [6, 6.07) is 5.10. The Hall–Kier alpha value is -2.68. The summed E-state index contributed by atoms with van der Waals surface area (Å²) in [5.41, 5.74) is 1.88. The van der Waals surface area contributed by atoms with Crippen LogP contribution in [0.15, 0.2) is 24.4 Å². The van der Waals surface area contributed by atoms with Crippen LogP contribution in [-0.4, -0.2) is 51.4 Å². The van der Waals surface area contributed by atoms with E-state index in [-0.39, 0.29) is 18.0 Å². The number of rotatable bonds is 5. The first-order chi connectivity index (χ1) is 14.4. The minimum atomic E-state index is -0.292. The van der Waals surface area contributed by atoms with Gasteiger partial charge in [-0.2, -0.15) is 0 Å². The molecule has 7 nitrogen and oxygen atoms in total. The van der Waals surface area contributed by atoms with Gasteiger partial charge in [0.2, 0.25) is 4.96 Å². The third-order valence-corrected chi connectivity index (χ3v) is 6.25. The minimum Gasteiger partial charge on any atom is -0.466 e. The number of nitrogens with zero attached hydrogens (tertiary/aromatic N) is 4. The Morgan fingerprint density at radius 1 is 1.37 bits per heavy atom. The number of benzene rings is 1. The second kappa shape index (κ2) is 8.59. The van der Waals surface area contributed by atoms with Crippen molar-refractivity contribution in [1.82, 2.24) is 19.5 Å². The molecule has 0 saturated carbocycles. The number of halogens is 1. The smallest absolute Gasteiger partial charge is 0.409 e. The number of imidazole rings is 1. The van der Waals surface area contributed by atoms with Gasteiger partial charge in [0.1, 0.15) is 11.9 Å². The molecule has 0 N–H and O–H groups in total. The van der Waals surface area contributed by atoms with Crippen LogP contribution < -0.4 is 4.74 Å². The minimum absolute atomic E-state index is 0.0285. The molecule has 0 bridgehead atoms. The molecule has 1 atom stereocenters. The van der Waals surface area contributed by atoms with E-state index in [9.17, 15) is 9.18 Å². The fourth-order valence-corrected chi connectivity index (χ4v) is 4.52. The number of aromatic nitrogens is 3. The van der Waals surface area contributed by atoms with Crippen molar-refractivity contribution in [3.05, 3.63) is 35.8 Å². The first-order valence-corrected chi connectivity index (χ1v) is 11.0. The molecule has 1 saturated heterocycles. The van der Waals surface area contributed by atoms with E-state index in [1.54, 1.807) is 21.7 Å². The third kappa shape index (κ3) is 4.26. The first kappa shape index (κ1) is 20.6. The van der Waals surface area contributed by atoms with Gasteiger partial charge in [-0.05, 0) is 68.6 Å². The van der Waals surface area contributed by atoms with Crippen LogP contribution in [0.2, 0.25) is 0 Å². The molecule has 1 aliphatic rings. The van der Waals surface area contributed by atoms with Crippen LogP contribution in [0, 0.1) is 18.7 Å². The molecular formula is C21H25FN4O3S. The largest absolute Gasteiger partial charge is 0.466 e. The molecule has 0 radical (unpaired) electrons. The maximum absolute atomic E-state index is 14.2. The molecule has 0 spiro atoms. The third-order valence-electron chi connectivity index (χ3n) is 5.44. The van der Waals surface area contributed by atoms with Gasteiger partial charge < -0.3 is 14.4 Å². The van der Waals surface area contributed by atoms with E-state index in [1.165, 1.54) is 17.4 Å². The van der Waals surface area contributed by atoms with E-state index in [1.807, 2.05) is 26.8 Å². The number of carbonyl (C=O) groups excluding carboxylic acids is 1. The topological polar surface area (TPSA) is 69.0 Å². The SMILES string of the molecule is CCOC(=O)N1CCC(C(C)Oc2nn3cc(-c4ccc(C)cc4F)nc3s2)CC1. The van der Waals surface area contributed by atoms with Crippen molar-refractivity contribution in [2.45, 2.75) is 39.7 Å². The van der Waals surface area contributed by atoms with Gasteiger partial charge >= 0.3 is 6.09 Å². The van der Waals surface area contributed by atoms with Gasteiger partial charge in [-0.25, -0.2) is 18.7 Å². The van der Waals surface area contributed by atoms with Gasteiger partial charge in [0.25, 0.3) is 5.19 Å². The molecule has 3 heterocycles. The van der Waals surface area contributed by atoms with Crippen LogP contribution in [0.1, 0.15) is 32.3 Å². The van der Waals surface area contributed by atoms with Crippen LogP contribution in [0.3, 0.4) is 0 Å². The average Bonchev–Trinajstić information content (AvgIpc) is 3.26. The van der Waals surface area contributed by atoms with Gasteiger partial charge in [-0.3, -0.25) is 0 Å². The van der Waals surface area contributed by atoms with Gasteiger partial charge in [0.05, 0.1) is 18.5 Å². The van der Waals surface area contributed by atoms with Gasteiger partial charge in [-0.15, -0.1) is 5.10 Å². The lowest BCUT2D eigenvalue weighted by Gasteiger charge is -2.33. The molecule has 4 rings (SSSR count). The van der Waals surface area contributed by atoms with E-state index in [4.69, 9.17) is 9.47 Å². The molecular weight excluding hydrogens is 407 g/mol. The summed E-state index contributed by atoms with van der Waals surface area (Å²) in [6.45, 7) is 7.43. The summed E-state index contributed by atoms with van der Waals surface area (Å²) in [5, 5.41) is 4.99. The summed E-state index contributed by atoms with van der Waals surface area (Å²) >= 11 is 1.34. The highest BCUT2D eigenvalue weighted by Gasteiger charge is 2.28. The van der Waals surface area contributed by atoms with Crippen molar-refractivity contribution in [1.29, 1.82) is 0 Å². The standard InChI is InChI=1S/C21H25FN4O3S/c1-4-28-21(27)25-9-7-15(8-10-25)14(3)29-20-24-26-12-18(23-19(26)30-20)16-6-5-13(2)11-17(16)22/h5-6,11-12,14-15H,4,7-10H2,1-3H3. The monoisotopic (exact) mass is 432 g/mol. The Morgan fingerprint density at radius 2 is 2.13 bits per heavy atom. The normalized spacial score (nSPS) is 16.1. The van der Waals surface area contributed by atoms with E-state index < -0.39 is 0 Å². The van der Waals surface area contributed by atoms with E-state index in [2.05, 4.69) is 10.1 Å². The van der Waals surface area contributed by atoms with Gasteiger partial charge in [0, 0.05) is 18.7 Å². The molecule has 1 aromatic carbocycles. The Labute approximate surface area is 178 Å². The summed E-state index contributed by atoms with van der Waals surface area (Å²) < 4.78 is 27.0. The predicted octanol–water partition coefficient (Wildman–Crippen LogP) is 4.54. The highest BCUT2D eigenvalue weighted by atomic mass is 32.1. The lowest BCUT2D eigenvalue weighted by atomic mass is 9.92. The first-order valence-electron chi connectivity index (χ1n) is 10.2. The molecule has 1 amide bonds. The van der Waals surface area contributed by atoms with E-state index in [0.29, 0.717) is 47.0 Å². The zero-order valence-electron chi connectivity index (χ0n) is 17.3. The number of ether oxygens (including phenoxy) is 2. The number of hydrogen-bond acceptors (Lipinski definition) is 6. The molecule has 9 heteroatoms. The van der Waals surface area contributed by atoms with Crippen LogP contribution >= 0.6 is 11.3 Å². The Morgan fingerprint density at radius 3 is 2.80 bits per heavy atom. The van der Waals surface area contributed by atoms with Crippen LogP contribution in [-0.2, 0) is 4.74 Å². The lowest BCUT2D eigenvalue weighted by molar-refractivity contribution is 0.0656. The second-order valence-electron chi connectivity index (χ2n) is 7.55. The number of hydrogen-bond donors (Lipinski definition) is 0. The Bertz CT molecular complexity index is 1010. The molecule has 3 aromatic rings.